The summed E-state index contributed by atoms with van der Waals surface area (Å²) in [5, 5.41) is 9.01. The third-order valence-electron chi connectivity index (χ3n) is 6.00. The van der Waals surface area contributed by atoms with Crippen molar-refractivity contribution in [3.8, 4) is 0 Å². The average molecular weight is 419 g/mol. The maximum absolute atomic E-state index is 12.6. The van der Waals surface area contributed by atoms with Crippen molar-refractivity contribution in [3.05, 3.63) is 29.3 Å². The van der Waals surface area contributed by atoms with Gasteiger partial charge in [0.1, 0.15) is 0 Å². The van der Waals surface area contributed by atoms with Gasteiger partial charge in [-0.05, 0) is 49.6 Å². The number of urea groups is 1. The minimum atomic E-state index is -0.225. The van der Waals surface area contributed by atoms with Crippen molar-refractivity contribution in [1.82, 2.24) is 15.5 Å². The predicted molar refractivity (Wildman–Crippen MR) is 116 cm³/mol. The van der Waals surface area contributed by atoms with Crippen LogP contribution in [0.4, 0.5) is 10.5 Å². The molecule has 3 amide bonds. The number of hydrogen-bond acceptors (Lipinski definition) is 5. The van der Waals surface area contributed by atoms with Crippen LogP contribution in [0.25, 0.3) is 0 Å². The molecule has 1 aromatic rings. The van der Waals surface area contributed by atoms with E-state index >= 15 is 0 Å². The zero-order valence-electron chi connectivity index (χ0n) is 17.0. The Morgan fingerprint density at radius 2 is 2.07 bits per heavy atom. The molecule has 29 heavy (non-hydrogen) atoms. The molecule has 3 aliphatic rings. The summed E-state index contributed by atoms with van der Waals surface area (Å²) in [4.78, 5) is 27.4. The second-order valence-corrected chi connectivity index (χ2v) is 9.32. The van der Waals surface area contributed by atoms with E-state index in [2.05, 4.69) is 20.9 Å². The lowest BCUT2D eigenvalue weighted by molar-refractivity contribution is -0.0123. The van der Waals surface area contributed by atoms with Crippen LogP contribution in [0.5, 0.6) is 0 Å². The quantitative estimate of drug-likeness (QED) is 0.660. The van der Waals surface area contributed by atoms with Gasteiger partial charge >= 0.3 is 6.03 Å². The SMILES string of the molecule is Cc1ccc(C(=O)NC2CC2)cc1NC(=O)NCC1(N2CCOCC2)CCSC1. The molecule has 1 aliphatic carbocycles. The first-order valence-corrected chi connectivity index (χ1v) is 11.6. The number of thioether (sulfide) groups is 1. The molecule has 0 aromatic heterocycles. The van der Waals surface area contributed by atoms with Gasteiger partial charge in [-0.15, -0.1) is 0 Å². The van der Waals surface area contributed by atoms with Crippen molar-refractivity contribution >= 4 is 29.4 Å². The molecule has 1 saturated carbocycles. The number of aryl methyl sites for hydroxylation is 1. The van der Waals surface area contributed by atoms with Crippen molar-refractivity contribution in [2.24, 2.45) is 0 Å². The molecule has 3 fully saturated rings. The Morgan fingerprint density at radius 1 is 1.28 bits per heavy atom. The van der Waals surface area contributed by atoms with Gasteiger partial charge in [0.2, 0.25) is 0 Å². The first kappa shape index (κ1) is 20.5. The van der Waals surface area contributed by atoms with Crippen LogP contribution < -0.4 is 16.0 Å². The minimum Gasteiger partial charge on any atom is -0.379 e. The van der Waals surface area contributed by atoms with Crippen LogP contribution >= 0.6 is 11.8 Å². The molecule has 1 unspecified atom stereocenters. The highest BCUT2D eigenvalue weighted by Crippen LogP contribution is 2.33. The van der Waals surface area contributed by atoms with Gasteiger partial charge in [0.05, 0.1) is 13.2 Å². The van der Waals surface area contributed by atoms with Gasteiger partial charge in [0.25, 0.3) is 5.91 Å². The Balaban J connectivity index is 1.36. The first-order valence-electron chi connectivity index (χ1n) is 10.4. The Kier molecular flexibility index (Phi) is 6.32. The highest BCUT2D eigenvalue weighted by Gasteiger charge is 2.40. The fourth-order valence-electron chi connectivity index (χ4n) is 3.94. The molecule has 1 atom stereocenters. The van der Waals surface area contributed by atoms with Crippen molar-refractivity contribution in [2.45, 2.75) is 37.8 Å². The van der Waals surface area contributed by atoms with Crippen molar-refractivity contribution < 1.29 is 14.3 Å². The number of nitrogens with zero attached hydrogens (tertiary/aromatic N) is 1. The average Bonchev–Trinajstić information content (AvgIpc) is 3.41. The summed E-state index contributed by atoms with van der Waals surface area (Å²) < 4.78 is 5.50. The molecule has 0 spiro atoms. The Labute approximate surface area is 176 Å². The summed E-state index contributed by atoms with van der Waals surface area (Å²) in [6.07, 6.45) is 3.18. The van der Waals surface area contributed by atoms with E-state index in [9.17, 15) is 9.59 Å². The summed E-state index contributed by atoms with van der Waals surface area (Å²) in [5.74, 6) is 2.08. The summed E-state index contributed by atoms with van der Waals surface area (Å²) in [5.41, 5.74) is 2.19. The van der Waals surface area contributed by atoms with E-state index in [0.29, 0.717) is 23.8 Å². The van der Waals surface area contributed by atoms with Crippen LogP contribution in [0.3, 0.4) is 0 Å². The van der Waals surface area contributed by atoms with Crippen molar-refractivity contribution in [2.75, 3.05) is 49.7 Å². The summed E-state index contributed by atoms with van der Waals surface area (Å²) in [7, 11) is 0. The van der Waals surface area contributed by atoms with Crippen molar-refractivity contribution in [3.63, 3.8) is 0 Å². The van der Waals surface area contributed by atoms with Crippen molar-refractivity contribution in [1.29, 1.82) is 0 Å². The first-order chi connectivity index (χ1) is 14.1. The normalized spacial score (nSPS) is 24.9. The van der Waals surface area contributed by atoms with E-state index in [4.69, 9.17) is 4.74 Å². The maximum atomic E-state index is 12.6. The molecule has 1 aromatic carbocycles. The molecule has 2 aliphatic heterocycles. The molecule has 0 bridgehead atoms. The standard InChI is InChI=1S/C21H30N4O3S/c1-15-2-3-16(19(26)23-17-4-5-17)12-18(15)24-20(27)22-13-21(6-11-29-14-21)25-7-9-28-10-8-25/h2-3,12,17H,4-11,13-14H2,1H3,(H,23,26)(H2,22,24,27). The third kappa shape index (κ3) is 5.05. The largest absolute Gasteiger partial charge is 0.379 e. The zero-order valence-corrected chi connectivity index (χ0v) is 17.8. The lowest BCUT2D eigenvalue weighted by Gasteiger charge is -2.43. The summed E-state index contributed by atoms with van der Waals surface area (Å²) in [6.45, 7) is 5.90. The number of benzene rings is 1. The number of anilines is 1. The number of hydrogen-bond donors (Lipinski definition) is 3. The molecule has 4 rings (SSSR count). The van der Waals surface area contributed by atoms with Gasteiger partial charge < -0.3 is 20.7 Å². The second kappa shape index (κ2) is 8.93. The van der Waals surface area contributed by atoms with Gasteiger partial charge in [-0.2, -0.15) is 11.8 Å². The maximum Gasteiger partial charge on any atom is 0.319 e. The monoisotopic (exact) mass is 418 g/mol. The minimum absolute atomic E-state index is 0.00678. The molecule has 7 nitrogen and oxygen atoms in total. The number of carbonyl (C=O) groups is 2. The predicted octanol–water partition coefficient (Wildman–Crippen LogP) is 2.22. The van der Waals surface area contributed by atoms with Crippen LogP contribution in [0.1, 0.15) is 35.2 Å². The molecule has 0 radical (unpaired) electrons. The Bertz CT molecular complexity index is 756. The lowest BCUT2D eigenvalue weighted by Crippen LogP contribution is -2.59. The van der Waals surface area contributed by atoms with E-state index in [1.54, 1.807) is 12.1 Å². The van der Waals surface area contributed by atoms with E-state index in [1.807, 2.05) is 24.8 Å². The molecule has 8 heteroatoms. The van der Waals surface area contributed by atoms with Crippen LogP contribution in [0.2, 0.25) is 0 Å². The van der Waals surface area contributed by atoms with Gasteiger partial charge in [-0.25, -0.2) is 4.79 Å². The van der Waals surface area contributed by atoms with E-state index in [1.165, 1.54) is 0 Å². The molecular weight excluding hydrogens is 388 g/mol. The van der Waals surface area contributed by atoms with Crippen LogP contribution in [0.15, 0.2) is 18.2 Å². The third-order valence-corrected chi connectivity index (χ3v) is 7.24. The lowest BCUT2D eigenvalue weighted by atomic mass is 9.95. The molecular formula is C21H30N4O3S. The molecule has 2 heterocycles. The Hall–Kier alpha value is -1.77. The number of morpholine rings is 1. The van der Waals surface area contributed by atoms with Gasteiger partial charge in [-0.3, -0.25) is 9.69 Å². The highest BCUT2D eigenvalue weighted by atomic mass is 32.2. The van der Waals surface area contributed by atoms with E-state index in [0.717, 1.165) is 62.6 Å². The van der Waals surface area contributed by atoms with E-state index < -0.39 is 0 Å². The van der Waals surface area contributed by atoms with Gasteiger partial charge in [0, 0.05) is 48.2 Å². The summed E-state index contributed by atoms with van der Waals surface area (Å²) in [6, 6.07) is 5.52. The number of rotatable bonds is 6. The highest BCUT2D eigenvalue weighted by molar-refractivity contribution is 7.99. The van der Waals surface area contributed by atoms with Gasteiger partial charge in [-0.1, -0.05) is 6.07 Å². The Morgan fingerprint density at radius 3 is 2.76 bits per heavy atom. The smallest absolute Gasteiger partial charge is 0.319 e. The number of amides is 3. The fourth-order valence-corrected chi connectivity index (χ4v) is 5.42. The van der Waals surface area contributed by atoms with Crippen LogP contribution in [-0.4, -0.2) is 72.8 Å². The second-order valence-electron chi connectivity index (χ2n) is 8.21. The topological polar surface area (TPSA) is 82.7 Å². The molecule has 3 N–H and O–H groups in total. The number of ether oxygens (including phenoxy) is 1. The fraction of sp³-hybridized carbons (Fsp3) is 0.619. The van der Waals surface area contributed by atoms with Gasteiger partial charge in [0.15, 0.2) is 0 Å². The number of nitrogens with one attached hydrogen (secondary N) is 3. The van der Waals surface area contributed by atoms with Crippen LogP contribution in [-0.2, 0) is 4.74 Å². The number of carbonyl (C=O) groups excluding carboxylic acids is 2. The van der Waals surface area contributed by atoms with Crippen LogP contribution in [0, 0.1) is 6.92 Å². The zero-order chi connectivity index (χ0) is 20.3. The molecule has 2 saturated heterocycles. The molecule has 158 valence electrons. The summed E-state index contributed by atoms with van der Waals surface area (Å²) >= 11 is 1.95. The van der Waals surface area contributed by atoms with E-state index in [-0.39, 0.29) is 17.5 Å².